The Morgan fingerprint density at radius 2 is 1.94 bits per heavy atom. The highest BCUT2D eigenvalue weighted by Crippen LogP contribution is 2.20. The van der Waals surface area contributed by atoms with E-state index in [1.807, 2.05) is 25.1 Å². The summed E-state index contributed by atoms with van der Waals surface area (Å²) in [6, 6.07) is 12.8. The highest BCUT2D eigenvalue weighted by molar-refractivity contribution is 14.1. The summed E-state index contributed by atoms with van der Waals surface area (Å²) in [5.41, 5.74) is 2.39. The van der Waals surface area contributed by atoms with Gasteiger partial charge in [-0.3, -0.25) is 4.79 Å². The standard InChI is InChI=1S/C14H11ClINO/c1-9-8-10(6-7-13(9)16)17-14(18)11-4-2-3-5-12(11)15/h2-8H,1H3,(H,17,18). The number of halogens is 2. The summed E-state index contributed by atoms with van der Waals surface area (Å²) < 4.78 is 1.17. The first-order valence-corrected chi connectivity index (χ1v) is 6.85. The maximum atomic E-state index is 12.0. The van der Waals surface area contributed by atoms with Crippen molar-refractivity contribution in [2.75, 3.05) is 5.32 Å². The van der Waals surface area contributed by atoms with Crippen LogP contribution in [0.15, 0.2) is 42.5 Å². The van der Waals surface area contributed by atoms with E-state index in [2.05, 4.69) is 27.9 Å². The fourth-order valence-corrected chi connectivity index (χ4v) is 2.12. The minimum Gasteiger partial charge on any atom is -0.322 e. The Balaban J connectivity index is 2.22. The molecule has 1 amide bonds. The van der Waals surface area contributed by atoms with Crippen LogP contribution in [-0.2, 0) is 0 Å². The van der Waals surface area contributed by atoms with Crippen LogP contribution >= 0.6 is 34.2 Å². The molecular formula is C14H11ClINO. The van der Waals surface area contributed by atoms with Crippen molar-refractivity contribution in [3.05, 3.63) is 62.2 Å². The van der Waals surface area contributed by atoms with Crippen molar-refractivity contribution < 1.29 is 4.79 Å². The molecule has 0 aliphatic carbocycles. The van der Waals surface area contributed by atoms with Gasteiger partial charge in [-0.05, 0) is 65.4 Å². The molecule has 0 saturated heterocycles. The minimum atomic E-state index is -0.193. The first-order chi connectivity index (χ1) is 8.58. The molecule has 92 valence electrons. The molecule has 2 aromatic carbocycles. The Hall–Kier alpha value is -1.07. The van der Waals surface area contributed by atoms with Gasteiger partial charge in [-0.15, -0.1) is 0 Å². The second kappa shape index (κ2) is 5.71. The van der Waals surface area contributed by atoms with Crippen LogP contribution < -0.4 is 5.32 Å². The summed E-state index contributed by atoms with van der Waals surface area (Å²) in [5.74, 6) is -0.193. The monoisotopic (exact) mass is 371 g/mol. The van der Waals surface area contributed by atoms with Gasteiger partial charge in [0.1, 0.15) is 0 Å². The molecule has 4 heteroatoms. The van der Waals surface area contributed by atoms with Gasteiger partial charge in [0.15, 0.2) is 0 Å². The van der Waals surface area contributed by atoms with Gasteiger partial charge in [0.2, 0.25) is 0 Å². The van der Waals surface area contributed by atoms with Crippen LogP contribution in [0.4, 0.5) is 5.69 Å². The van der Waals surface area contributed by atoms with Crippen LogP contribution in [0.1, 0.15) is 15.9 Å². The van der Waals surface area contributed by atoms with Gasteiger partial charge >= 0.3 is 0 Å². The molecule has 0 aromatic heterocycles. The van der Waals surface area contributed by atoms with Crippen LogP contribution in [-0.4, -0.2) is 5.91 Å². The Morgan fingerprint density at radius 3 is 2.61 bits per heavy atom. The quantitative estimate of drug-likeness (QED) is 0.774. The van der Waals surface area contributed by atoms with Crippen LogP contribution in [0.3, 0.4) is 0 Å². The lowest BCUT2D eigenvalue weighted by atomic mass is 10.2. The number of benzene rings is 2. The first-order valence-electron chi connectivity index (χ1n) is 5.40. The van der Waals surface area contributed by atoms with Gasteiger partial charge in [0.25, 0.3) is 5.91 Å². The van der Waals surface area contributed by atoms with Crippen LogP contribution in [0.2, 0.25) is 5.02 Å². The molecule has 0 heterocycles. The van der Waals surface area contributed by atoms with E-state index in [4.69, 9.17) is 11.6 Å². The number of carbonyl (C=O) groups is 1. The maximum Gasteiger partial charge on any atom is 0.257 e. The maximum absolute atomic E-state index is 12.0. The second-order valence-corrected chi connectivity index (χ2v) is 5.47. The van der Waals surface area contributed by atoms with Gasteiger partial charge in [0, 0.05) is 9.26 Å². The van der Waals surface area contributed by atoms with Crippen molar-refractivity contribution in [1.29, 1.82) is 0 Å². The van der Waals surface area contributed by atoms with E-state index in [9.17, 15) is 4.79 Å². The highest BCUT2D eigenvalue weighted by atomic mass is 127. The number of nitrogens with one attached hydrogen (secondary N) is 1. The van der Waals surface area contributed by atoms with E-state index in [0.717, 1.165) is 11.3 Å². The van der Waals surface area contributed by atoms with Crippen molar-refractivity contribution in [1.82, 2.24) is 0 Å². The van der Waals surface area contributed by atoms with Crippen molar-refractivity contribution in [2.24, 2.45) is 0 Å². The van der Waals surface area contributed by atoms with Crippen molar-refractivity contribution >= 4 is 45.8 Å². The lowest BCUT2D eigenvalue weighted by molar-refractivity contribution is 0.102. The lowest BCUT2D eigenvalue weighted by Gasteiger charge is -2.08. The molecule has 0 spiro atoms. The van der Waals surface area contributed by atoms with Crippen molar-refractivity contribution in [3.63, 3.8) is 0 Å². The summed E-state index contributed by atoms with van der Waals surface area (Å²) in [5, 5.41) is 3.30. The van der Waals surface area contributed by atoms with E-state index < -0.39 is 0 Å². The molecule has 0 saturated carbocycles. The molecule has 1 N–H and O–H groups in total. The zero-order valence-corrected chi connectivity index (χ0v) is 12.6. The number of rotatable bonds is 2. The molecule has 2 aromatic rings. The number of anilines is 1. The van der Waals surface area contributed by atoms with E-state index in [1.54, 1.807) is 24.3 Å². The fraction of sp³-hybridized carbons (Fsp3) is 0.0714. The molecular weight excluding hydrogens is 361 g/mol. The molecule has 0 fully saturated rings. The molecule has 0 aliphatic rings. The van der Waals surface area contributed by atoms with E-state index in [-0.39, 0.29) is 5.91 Å². The third-order valence-electron chi connectivity index (χ3n) is 2.53. The predicted octanol–water partition coefficient (Wildman–Crippen LogP) is 4.51. The Bertz CT molecular complexity index is 598. The smallest absolute Gasteiger partial charge is 0.257 e. The van der Waals surface area contributed by atoms with E-state index >= 15 is 0 Å². The largest absolute Gasteiger partial charge is 0.322 e. The number of hydrogen-bond acceptors (Lipinski definition) is 1. The Labute approximate surface area is 124 Å². The molecule has 0 bridgehead atoms. The molecule has 18 heavy (non-hydrogen) atoms. The van der Waals surface area contributed by atoms with Crippen LogP contribution in [0.5, 0.6) is 0 Å². The topological polar surface area (TPSA) is 29.1 Å². The SMILES string of the molecule is Cc1cc(NC(=O)c2ccccc2Cl)ccc1I. The van der Waals surface area contributed by atoms with Crippen molar-refractivity contribution in [3.8, 4) is 0 Å². The van der Waals surface area contributed by atoms with Gasteiger partial charge in [-0.2, -0.15) is 0 Å². The zero-order chi connectivity index (χ0) is 13.1. The zero-order valence-electron chi connectivity index (χ0n) is 9.71. The molecule has 0 radical (unpaired) electrons. The second-order valence-electron chi connectivity index (χ2n) is 3.90. The average Bonchev–Trinajstić information content (AvgIpc) is 2.34. The number of amides is 1. The van der Waals surface area contributed by atoms with Gasteiger partial charge in [-0.25, -0.2) is 0 Å². The third-order valence-corrected chi connectivity index (χ3v) is 4.07. The van der Waals surface area contributed by atoms with Crippen molar-refractivity contribution in [2.45, 2.75) is 6.92 Å². The highest BCUT2D eigenvalue weighted by Gasteiger charge is 2.09. The Kier molecular flexibility index (Phi) is 4.24. The minimum absolute atomic E-state index is 0.193. The summed E-state index contributed by atoms with van der Waals surface area (Å²) in [7, 11) is 0. The molecule has 2 rings (SSSR count). The van der Waals surface area contributed by atoms with Gasteiger partial charge in [0.05, 0.1) is 10.6 Å². The van der Waals surface area contributed by atoms with Crippen LogP contribution in [0, 0.1) is 10.5 Å². The summed E-state index contributed by atoms with van der Waals surface area (Å²) in [6.07, 6.45) is 0. The van der Waals surface area contributed by atoms with Crippen LogP contribution in [0.25, 0.3) is 0 Å². The molecule has 2 nitrogen and oxygen atoms in total. The van der Waals surface area contributed by atoms with E-state index in [0.29, 0.717) is 10.6 Å². The van der Waals surface area contributed by atoms with Gasteiger partial charge in [-0.1, -0.05) is 23.7 Å². The number of hydrogen-bond donors (Lipinski definition) is 1. The van der Waals surface area contributed by atoms with Gasteiger partial charge < -0.3 is 5.32 Å². The summed E-state index contributed by atoms with van der Waals surface area (Å²) in [6.45, 7) is 2.01. The first kappa shape index (κ1) is 13.4. The molecule has 0 unspecified atom stereocenters. The number of carbonyl (C=O) groups excluding carboxylic acids is 1. The third kappa shape index (κ3) is 3.03. The molecule has 0 aliphatic heterocycles. The summed E-state index contributed by atoms with van der Waals surface area (Å²) in [4.78, 5) is 12.0. The lowest BCUT2D eigenvalue weighted by Crippen LogP contribution is -2.12. The molecule has 0 atom stereocenters. The average molecular weight is 372 g/mol. The number of aryl methyl sites for hydroxylation is 1. The predicted molar refractivity (Wildman–Crippen MR) is 83.3 cm³/mol. The normalized spacial score (nSPS) is 10.2. The fourth-order valence-electron chi connectivity index (χ4n) is 1.57. The van der Waals surface area contributed by atoms with E-state index in [1.165, 1.54) is 3.57 Å². The Morgan fingerprint density at radius 1 is 1.22 bits per heavy atom. The summed E-state index contributed by atoms with van der Waals surface area (Å²) >= 11 is 8.24.